The summed E-state index contributed by atoms with van der Waals surface area (Å²) in [6.07, 6.45) is 0. The maximum atomic E-state index is 11.6. The van der Waals surface area contributed by atoms with E-state index in [0.717, 1.165) is 6.92 Å². The van der Waals surface area contributed by atoms with Crippen molar-refractivity contribution in [3.8, 4) is 11.3 Å². The summed E-state index contributed by atoms with van der Waals surface area (Å²) in [5, 5.41) is 36.8. The van der Waals surface area contributed by atoms with Crippen molar-refractivity contribution in [3.05, 3.63) is 61.5 Å². The van der Waals surface area contributed by atoms with E-state index in [1.807, 2.05) is 0 Å². The lowest BCUT2D eigenvalue weighted by Crippen LogP contribution is -2.42. The van der Waals surface area contributed by atoms with E-state index in [0.29, 0.717) is 0 Å². The van der Waals surface area contributed by atoms with Crippen LogP contribution in [0.25, 0.3) is 11.3 Å². The highest BCUT2D eigenvalue weighted by atomic mass is 16.8. The Morgan fingerprint density at radius 3 is 2.25 bits per heavy atom. The Hall–Kier alpha value is -3.04. The minimum absolute atomic E-state index is 0.0874. The van der Waals surface area contributed by atoms with Gasteiger partial charge in [-0.25, -0.2) is 0 Å². The molecule has 0 saturated carbocycles. The lowest BCUT2D eigenvalue weighted by molar-refractivity contribution is -0.807. The van der Waals surface area contributed by atoms with Gasteiger partial charge >= 0.3 is 11.4 Å². The van der Waals surface area contributed by atoms with E-state index in [2.05, 4.69) is 9.79 Å². The van der Waals surface area contributed by atoms with Crippen molar-refractivity contribution in [1.29, 1.82) is 0 Å². The predicted molar refractivity (Wildman–Crippen MR) is 62.2 cm³/mol. The molecule has 1 aromatic carbocycles. The number of hydrogen-bond donors (Lipinski definition) is 0. The van der Waals surface area contributed by atoms with E-state index in [-0.39, 0.29) is 16.2 Å². The molecule has 0 saturated heterocycles. The van der Waals surface area contributed by atoms with Crippen molar-refractivity contribution in [2.24, 2.45) is 0 Å². The summed E-state index contributed by atoms with van der Waals surface area (Å²) < 4.78 is 4.30. The fraction of sp³-hybridized carbons (Fsp3) is 0.200. The van der Waals surface area contributed by atoms with Gasteiger partial charge in [-0.15, -0.1) is 0 Å². The number of rotatable bonds is 4. The van der Waals surface area contributed by atoms with Gasteiger partial charge in [0.1, 0.15) is 9.85 Å². The van der Waals surface area contributed by atoms with Gasteiger partial charge in [-0.1, -0.05) is 30.3 Å². The van der Waals surface area contributed by atoms with Gasteiger partial charge in [0.05, 0.1) is 12.1 Å². The molecule has 20 heavy (non-hydrogen) atoms. The van der Waals surface area contributed by atoms with Crippen LogP contribution in [0.15, 0.2) is 35.0 Å². The fourth-order valence-electron chi connectivity index (χ4n) is 1.64. The van der Waals surface area contributed by atoms with Gasteiger partial charge in [0.25, 0.3) is 0 Å². The first kappa shape index (κ1) is 13.4. The van der Waals surface area contributed by atoms with Crippen molar-refractivity contribution in [2.45, 2.75) is 12.6 Å². The van der Waals surface area contributed by atoms with Crippen LogP contribution in [-0.4, -0.2) is 15.0 Å². The highest BCUT2D eigenvalue weighted by Crippen LogP contribution is 2.30. The number of nitro groups is 2. The van der Waals surface area contributed by atoms with Gasteiger partial charge < -0.3 is 5.21 Å². The molecule has 104 valence electrons. The van der Waals surface area contributed by atoms with Crippen LogP contribution in [-0.2, 0) is 5.66 Å². The van der Waals surface area contributed by atoms with Crippen molar-refractivity contribution < 1.29 is 19.4 Å². The van der Waals surface area contributed by atoms with E-state index in [1.165, 1.54) is 12.1 Å². The van der Waals surface area contributed by atoms with Gasteiger partial charge in [0.2, 0.25) is 5.69 Å². The van der Waals surface area contributed by atoms with Gasteiger partial charge in [-0.3, -0.25) is 24.9 Å². The molecule has 0 bridgehead atoms. The van der Waals surface area contributed by atoms with Crippen LogP contribution >= 0.6 is 0 Å². The van der Waals surface area contributed by atoms with Gasteiger partial charge in [0.15, 0.2) is 0 Å². The number of nitrogens with zero attached hydrogens (tertiary/aromatic N) is 4. The molecule has 1 aromatic heterocycles. The zero-order chi connectivity index (χ0) is 14.9. The lowest BCUT2D eigenvalue weighted by atomic mass is 10.0. The third-order valence-electron chi connectivity index (χ3n) is 2.82. The number of aromatic nitrogens is 2. The molecule has 0 aliphatic heterocycles. The SMILES string of the molecule is CC(c1no[n+]([O-])c1-c1ccccc1)([N+](=O)[O-])[N+](=O)[O-]. The molecule has 10 heteroatoms. The van der Waals surface area contributed by atoms with Crippen LogP contribution in [0.4, 0.5) is 0 Å². The van der Waals surface area contributed by atoms with Crippen molar-refractivity contribution in [2.75, 3.05) is 0 Å². The average molecular weight is 280 g/mol. The van der Waals surface area contributed by atoms with Crippen molar-refractivity contribution in [1.82, 2.24) is 5.16 Å². The van der Waals surface area contributed by atoms with E-state index in [9.17, 15) is 25.4 Å². The first-order chi connectivity index (χ1) is 9.39. The molecule has 0 N–H and O–H groups in total. The molecule has 0 amide bonds. The molecule has 0 fully saturated rings. The van der Waals surface area contributed by atoms with Crippen molar-refractivity contribution >= 4 is 0 Å². The molecular formula is C10H8N4O6. The molecule has 0 radical (unpaired) electrons. The molecule has 0 aliphatic rings. The Kier molecular flexibility index (Phi) is 3.06. The standard InChI is InChI=1S/C10H8N4O6/c1-10(13(16)17,14(18)19)9-8(12(15)20-11-9)7-5-3-2-4-6-7/h2-6H,1H3. The second kappa shape index (κ2) is 4.57. The largest absolute Gasteiger partial charge is 0.526 e. The average Bonchev–Trinajstić information content (AvgIpc) is 2.80. The topological polar surface area (TPSA) is 139 Å². The molecular weight excluding hydrogens is 272 g/mol. The minimum Gasteiger partial charge on any atom is -0.359 e. The summed E-state index contributed by atoms with van der Waals surface area (Å²) in [4.78, 5) is 19.7. The third-order valence-corrected chi connectivity index (χ3v) is 2.82. The van der Waals surface area contributed by atoms with Gasteiger partial charge in [-0.2, -0.15) is 0 Å². The van der Waals surface area contributed by atoms with Crippen LogP contribution in [0, 0.1) is 25.4 Å². The molecule has 0 atom stereocenters. The summed E-state index contributed by atoms with van der Waals surface area (Å²) in [6.45, 7) is 0.747. The van der Waals surface area contributed by atoms with Crippen molar-refractivity contribution in [3.63, 3.8) is 0 Å². The first-order valence-corrected chi connectivity index (χ1v) is 5.33. The molecule has 0 spiro atoms. The second-order valence-electron chi connectivity index (χ2n) is 4.03. The highest BCUT2D eigenvalue weighted by Gasteiger charge is 2.62. The first-order valence-electron chi connectivity index (χ1n) is 5.33. The molecule has 10 nitrogen and oxygen atoms in total. The Labute approximate surface area is 111 Å². The van der Waals surface area contributed by atoms with Crippen LogP contribution in [0.1, 0.15) is 12.6 Å². The van der Waals surface area contributed by atoms with Crippen LogP contribution in [0.2, 0.25) is 0 Å². The monoisotopic (exact) mass is 280 g/mol. The van der Waals surface area contributed by atoms with Gasteiger partial charge in [0, 0.05) is 5.56 Å². The smallest absolute Gasteiger partial charge is 0.359 e. The van der Waals surface area contributed by atoms with Crippen LogP contribution < -0.4 is 4.90 Å². The van der Waals surface area contributed by atoms with Gasteiger partial charge in [-0.05, 0) is 4.90 Å². The summed E-state index contributed by atoms with van der Waals surface area (Å²) in [5.41, 5.74) is -3.56. The highest BCUT2D eigenvalue weighted by molar-refractivity contribution is 5.58. The van der Waals surface area contributed by atoms with E-state index >= 15 is 0 Å². The maximum absolute atomic E-state index is 11.6. The maximum Gasteiger partial charge on any atom is 0.526 e. The summed E-state index contributed by atoms with van der Waals surface area (Å²) in [6, 6.07) is 7.73. The van der Waals surface area contributed by atoms with E-state index < -0.39 is 21.2 Å². The Balaban J connectivity index is 2.72. The Bertz CT molecular complexity index is 654. The Morgan fingerprint density at radius 2 is 1.75 bits per heavy atom. The summed E-state index contributed by atoms with van der Waals surface area (Å²) in [7, 11) is 0. The molecule has 2 aromatic rings. The van der Waals surface area contributed by atoms with E-state index in [4.69, 9.17) is 0 Å². The fourth-order valence-corrected chi connectivity index (χ4v) is 1.64. The van der Waals surface area contributed by atoms with Crippen LogP contribution in [0.5, 0.6) is 0 Å². The molecule has 1 heterocycles. The minimum atomic E-state index is -2.77. The molecule has 0 aliphatic carbocycles. The molecule has 2 rings (SSSR count). The summed E-state index contributed by atoms with van der Waals surface area (Å²) >= 11 is 0. The van der Waals surface area contributed by atoms with Crippen LogP contribution in [0.3, 0.4) is 0 Å². The lowest BCUT2D eigenvalue weighted by Gasteiger charge is -2.07. The molecule has 0 unspecified atom stereocenters. The second-order valence-corrected chi connectivity index (χ2v) is 4.03. The predicted octanol–water partition coefficient (Wildman–Crippen LogP) is 0.701. The third kappa shape index (κ3) is 1.83. The zero-order valence-corrected chi connectivity index (χ0v) is 10.1. The quantitative estimate of drug-likeness (QED) is 0.347. The number of hydrogen-bond acceptors (Lipinski definition) is 7. The Morgan fingerprint density at radius 1 is 1.20 bits per heavy atom. The summed E-state index contributed by atoms with van der Waals surface area (Å²) in [5.74, 6) is 0. The van der Waals surface area contributed by atoms with E-state index in [1.54, 1.807) is 18.2 Å². The normalized spacial score (nSPS) is 11.2. The zero-order valence-electron chi connectivity index (χ0n) is 10.1. The number of benzene rings is 1.